The molecule has 0 aliphatic heterocycles. The van der Waals surface area contributed by atoms with Crippen LogP contribution in [0.1, 0.15) is 22.6 Å². The van der Waals surface area contributed by atoms with E-state index < -0.39 is 10.0 Å². The molecule has 0 saturated carbocycles. The molecule has 2 aromatic heterocycles. The summed E-state index contributed by atoms with van der Waals surface area (Å²) in [5, 5.41) is 3.98. The number of nitrogens with two attached hydrogens (primary N) is 1. The van der Waals surface area contributed by atoms with Gasteiger partial charge in [0.15, 0.2) is 0 Å². The summed E-state index contributed by atoms with van der Waals surface area (Å²) in [5.41, 5.74) is 7.29. The lowest BCUT2D eigenvalue weighted by molar-refractivity contribution is 0.494. The van der Waals surface area contributed by atoms with Crippen LogP contribution in [0.25, 0.3) is 0 Å². The van der Waals surface area contributed by atoms with Gasteiger partial charge in [0.1, 0.15) is 16.4 Å². The molecule has 0 aliphatic carbocycles. The van der Waals surface area contributed by atoms with Crippen LogP contribution in [-0.4, -0.2) is 15.0 Å². The van der Waals surface area contributed by atoms with Crippen molar-refractivity contribution in [3.8, 4) is 0 Å². The first-order valence-electron chi connectivity index (χ1n) is 6.25. The maximum Gasteiger partial charge on any atom is 0.244 e. The Balaban J connectivity index is 2.14. The Morgan fingerprint density at radius 3 is 2.70 bits per heavy atom. The highest BCUT2D eigenvalue weighted by molar-refractivity contribution is 7.89. The number of aryl methyl sites for hydroxylation is 2. The minimum atomic E-state index is -3.59. The average molecular weight is 314 g/mol. The predicted octanol–water partition coefficient (Wildman–Crippen LogP) is 1.94. The molecule has 7 heteroatoms. The third-order valence-electron chi connectivity index (χ3n) is 3.08. The Bertz CT molecular complexity index is 673. The van der Waals surface area contributed by atoms with E-state index in [0.29, 0.717) is 30.0 Å². The first kappa shape index (κ1) is 15.2. The van der Waals surface area contributed by atoms with Gasteiger partial charge in [-0.05, 0) is 42.7 Å². The fourth-order valence-electron chi connectivity index (χ4n) is 2.13. The van der Waals surface area contributed by atoms with Gasteiger partial charge in [0.2, 0.25) is 10.0 Å². The topological polar surface area (TPSA) is 85.3 Å². The van der Waals surface area contributed by atoms with Crippen LogP contribution in [0.4, 0.5) is 0 Å². The summed E-state index contributed by atoms with van der Waals surface area (Å²) in [4.78, 5) is 0.183. The molecule has 2 heterocycles. The van der Waals surface area contributed by atoms with Crippen LogP contribution in [0.3, 0.4) is 0 Å². The monoisotopic (exact) mass is 314 g/mol. The smallest absolute Gasteiger partial charge is 0.244 e. The van der Waals surface area contributed by atoms with E-state index in [9.17, 15) is 8.42 Å². The van der Waals surface area contributed by atoms with Crippen LogP contribution >= 0.6 is 11.3 Å². The van der Waals surface area contributed by atoms with Gasteiger partial charge in [0.25, 0.3) is 0 Å². The molecule has 2 aromatic rings. The molecule has 20 heavy (non-hydrogen) atoms. The minimum Gasteiger partial charge on any atom is -0.465 e. The maximum atomic E-state index is 12.4. The van der Waals surface area contributed by atoms with Crippen LogP contribution in [0.2, 0.25) is 0 Å². The lowest BCUT2D eigenvalue weighted by Crippen LogP contribution is -2.27. The minimum absolute atomic E-state index is 0.143. The number of hydrogen-bond donors (Lipinski definition) is 2. The van der Waals surface area contributed by atoms with Crippen LogP contribution in [0.5, 0.6) is 0 Å². The summed E-state index contributed by atoms with van der Waals surface area (Å²) in [5.74, 6) is 0.939. The summed E-state index contributed by atoms with van der Waals surface area (Å²) < 4.78 is 32.7. The molecule has 5 nitrogen and oxygen atoms in total. The fraction of sp³-hybridized carbons (Fsp3) is 0.385. The van der Waals surface area contributed by atoms with Crippen molar-refractivity contribution < 1.29 is 12.8 Å². The first-order valence-corrected chi connectivity index (χ1v) is 8.68. The number of nitrogens with one attached hydrogen (secondary N) is 1. The van der Waals surface area contributed by atoms with Crippen molar-refractivity contribution in [1.82, 2.24) is 4.72 Å². The Kier molecular flexibility index (Phi) is 4.64. The van der Waals surface area contributed by atoms with E-state index in [2.05, 4.69) is 4.72 Å². The third kappa shape index (κ3) is 3.12. The highest BCUT2D eigenvalue weighted by Gasteiger charge is 2.25. The van der Waals surface area contributed by atoms with Crippen LogP contribution in [0, 0.1) is 13.8 Å². The molecule has 3 N–H and O–H groups in total. The summed E-state index contributed by atoms with van der Waals surface area (Å²) in [6.07, 6.45) is 0.663. The van der Waals surface area contributed by atoms with Crippen molar-refractivity contribution in [1.29, 1.82) is 0 Å². The molecule has 0 spiro atoms. The van der Waals surface area contributed by atoms with Crippen LogP contribution in [-0.2, 0) is 23.0 Å². The Labute approximate surface area is 122 Å². The Morgan fingerprint density at radius 1 is 1.35 bits per heavy atom. The molecular weight excluding hydrogens is 296 g/mol. The molecule has 0 atom stereocenters. The molecule has 0 saturated heterocycles. The summed E-state index contributed by atoms with van der Waals surface area (Å²) >= 11 is 1.60. The van der Waals surface area contributed by atoms with Gasteiger partial charge in [0, 0.05) is 18.7 Å². The molecular formula is C13H18N2O3S2. The molecule has 0 aliphatic rings. The maximum absolute atomic E-state index is 12.4. The Morgan fingerprint density at radius 2 is 2.10 bits per heavy atom. The zero-order valence-electron chi connectivity index (χ0n) is 11.5. The van der Waals surface area contributed by atoms with Crippen molar-refractivity contribution in [2.75, 3.05) is 6.54 Å². The highest BCUT2D eigenvalue weighted by atomic mass is 32.2. The van der Waals surface area contributed by atoms with E-state index in [1.54, 1.807) is 25.2 Å². The summed E-state index contributed by atoms with van der Waals surface area (Å²) in [6.45, 7) is 3.86. The van der Waals surface area contributed by atoms with Crippen molar-refractivity contribution in [2.24, 2.45) is 5.73 Å². The van der Waals surface area contributed by atoms with Gasteiger partial charge in [-0.2, -0.15) is 11.3 Å². The van der Waals surface area contributed by atoms with E-state index in [1.807, 2.05) is 16.8 Å². The van der Waals surface area contributed by atoms with Gasteiger partial charge in [-0.3, -0.25) is 0 Å². The van der Waals surface area contributed by atoms with Crippen molar-refractivity contribution >= 4 is 21.4 Å². The molecule has 0 bridgehead atoms. The quantitative estimate of drug-likeness (QED) is 0.853. The van der Waals surface area contributed by atoms with E-state index in [-0.39, 0.29) is 11.4 Å². The van der Waals surface area contributed by atoms with Crippen molar-refractivity contribution in [3.63, 3.8) is 0 Å². The van der Waals surface area contributed by atoms with E-state index in [0.717, 1.165) is 5.56 Å². The molecule has 0 amide bonds. The average Bonchev–Trinajstić information content (AvgIpc) is 2.96. The second kappa shape index (κ2) is 6.09. The van der Waals surface area contributed by atoms with Crippen LogP contribution in [0.15, 0.2) is 26.1 Å². The van der Waals surface area contributed by atoms with E-state index >= 15 is 0 Å². The number of rotatable bonds is 6. The second-order valence-electron chi connectivity index (χ2n) is 4.51. The number of hydrogen-bond acceptors (Lipinski definition) is 5. The summed E-state index contributed by atoms with van der Waals surface area (Å²) in [7, 11) is -3.59. The lowest BCUT2D eigenvalue weighted by atomic mass is 10.2. The zero-order valence-corrected chi connectivity index (χ0v) is 13.1. The fourth-order valence-corrected chi connectivity index (χ4v) is 4.32. The van der Waals surface area contributed by atoms with Gasteiger partial charge in [-0.1, -0.05) is 0 Å². The molecule has 2 rings (SSSR count). The van der Waals surface area contributed by atoms with Crippen LogP contribution < -0.4 is 10.5 Å². The first-order chi connectivity index (χ1) is 9.45. The predicted molar refractivity (Wildman–Crippen MR) is 79.3 cm³/mol. The largest absolute Gasteiger partial charge is 0.465 e. The van der Waals surface area contributed by atoms with Gasteiger partial charge in [-0.15, -0.1) is 0 Å². The lowest BCUT2D eigenvalue weighted by Gasteiger charge is -2.07. The highest BCUT2D eigenvalue weighted by Crippen LogP contribution is 2.25. The summed E-state index contributed by atoms with van der Waals surface area (Å²) in [6, 6.07) is 1.98. The van der Waals surface area contributed by atoms with Gasteiger partial charge in [-0.25, -0.2) is 13.1 Å². The molecule has 0 aromatic carbocycles. The van der Waals surface area contributed by atoms with Gasteiger partial charge in [0.05, 0.1) is 0 Å². The zero-order chi connectivity index (χ0) is 14.8. The SMILES string of the molecule is Cc1oc(C)c(S(=O)(=O)NCCc2ccsc2)c1CN. The van der Waals surface area contributed by atoms with Gasteiger partial charge < -0.3 is 10.2 Å². The molecule has 0 radical (unpaired) electrons. The standard InChI is InChI=1S/C13H18N2O3S2/c1-9-12(7-14)13(10(2)18-9)20(16,17)15-5-3-11-4-6-19-8-11/h4,6,8,15H,3,5,7,14H2,1-2H3. The number of thiophene rings is 1. The van der Waals surface area contributed by atoms with Gasteiger partial charge >= 0.3 is 0 Å². The van der Waals surface area contributed by atoms with Crippen molar-refractivity contribution in [3.05, 3.63) is 39.5 Å². The molecule has 0 fully saturated rings. The molecule has 110 valence electrons. The Hall–Kier alpha value is -1.15. The normalized spacial score (nSPS) is 11.9. The third-order valence-corrected chi connectivity index (χ3v) is 5.47. The van der Waals surface area contributed by atoms with E-state index in [1.165, 1.54) is 0 Å². The number of furan rings is 1. The second-order valence-corrected chi connectivity index (χ2v) is 6.99. The number of sulfonamides is 1. The van der Waals surface area contributed by atoms with E-state index in [4.69, 9.17) is 10.2 Å². The van der Waals surface area contributed by atoms with Crippen molar-refractivity contribution in [2.45, 2.75) is 31.7 Å². The molecule has 0 unspecified atom stereocenters.